The lowest BCUT2D eigenvalue weighted by atomic mass is 9.67. The minimum Gasteiger partial charge on any atom is -0.458 e. The van der Waals surface area contributed by atoms with Gasteiger partial charge in [0.2, 0.25) is 0 Å². The van der Waals surface area contributed by atoms with Crippen LogP contribution in [0.5, 0.6) is 0 Å². The molecule has 8 heteroatoms. The Morgan fingerprint density at radius 1 is 1.22 bits per heavy atom. The minimum absolute atomic E-state index is 0.0855. The van der Waals surface area contributed by atoms with Crippen molar-refractivity contribution in [2.24, 2.45) is 17.8 Å². The zero-order valence-electron chi connectivity index (χ0n) is 15.5. The van der Waals surface area contributed by atoms with Crippen molar-refractivity contribution in [3.63, 3.8) is 0 Å². The highest BCUT2D eigenvalue weighted by Gasteiger charge is 2.52. The summed E-state index contributed by atoms with van der Waals surface area (Å²) in [5.74, 6) is -2.08. The number of fused-ring (bicyclic) bond motifs is 1. The number of carbonyl (C=O) groups excluding carboxylic acids is 4. The molecule has 2 heterocycles. The van der Waals surface area contributed by atoms with Gasteiger partial charge in [0.25, 0.3) is 0 Å². The molecule has 2 aliphatic heterocycles. The molecule has 0 aromatic rings. The molecule has 0 amide bonds. The van der Waals surface area contributed by atoms with Gasteiger partial charge in [0.15, 0.2) is 12.7 Å². The minimum atomic E-state index is -1.16. The third kappa shape index (κ3) is 4.31. The topological polar surface area (TPSA) is 105 Å². The Hall–Kier alpha value is -2.38. The van der Waals surface area contributed by atoms with Gasteiger partial charge >= 0.3 is 23.9 Å². The molecule has 0 N–H and O–H groups in total. The number of hydrogen-bond donors (Lipinski definition) is 0. The lowest BCUT2D eigenvalue weighted by molar-refractivity contribution is -0.185. The molecule has 2 aliphatic carbocycles. The van der Waals surface area contributed by atoms with Crippen LogP contribution in [0.15, 0.2) is 12.2 Å². The van der Waals surface area contributed by atoms with Gasteiger partial charge in [0, 0.05) is 11.5 Å². The van der Waals surface area contributed by atoms with E-state index in [2.05, 4.69) is 11.3 Å². The van der Waals surface area contributed by atoms with E-state index in [-0.39, 0.29) is 23.4 Å². The maximum Gasteiger partial charge on any atom is 0.347 e. The van der Waals surface area contributed by atoms with Crippen LogP contribution >= 0.6 is 0 Å². The molecule has 148 valence electrons. The van der Waals surface area contributed by atoms with Gasteiger partial charge in [-0.25, -0.2) is 14.4 Å². The van der Waals surface area contributed by atoms with Crippen LogP contribution in [0.4, 0.5) is 0 Å². The van der Waals surface area contributed by atoms with E-state index in [0.29, 0.717) is 18.8 Å². The number of esters is 4. The van der Waals surface area contributed by atoms with Crippen molar-refractivity contribution < 1.29 is 38.1 Å². The molecule has 4 aliphatic rings. The maximum absolute atomic E-state index is 12.3. The average Bonchev–Trinajstić information content (AvgIpc) is 2.77. The smallest absolute Gasteiger partial charge is 0.347 e. The van der Waals surface area contributed by atoms with Crippen molar-refractivity contribution in [1.82, 2.24) is 0 Å². The first-order chi connectivity index (χ1) is 12.7. The van der Waals surface area contributed by atoms with Gasteiger partial charge in [-0.15, -0.1) is 0 Å². The van der Waals surface area contributed by atoms with E-state index in [1.165, 1.54) is 13.8 Å². The number of carbonyl (C=O) groups is 4. The van der Waals surface area contributed by atoms with Gasteiger partial charge in [0.05, 0.1) is 5.92 Å². The summed E-state index contributed by atoms with van der Waals surface area (Å²) in [4.78, 5) is 47.4. The van der Waals surface area contributed by atoms with Crippen LogP contribution < -0.4 is 0 Å². The van der Waals surface area contributed by atoms with E-state index in [9.17, 15) is 19.2 Å². The fourth-order valence-electron chi connectivity index (χ4n) is 4.19. The Bertz CT molecular complexity index is 669. The molecular formula is C19H24O8. The lowest BCUT2D eigenvalue weighted by Gasteiger charge is -2.41. The van der Waals surface area contributed by atoms with Gasteiger partial charge in [0.1, 0.15) is 12.2 Å². The summed E-state index contributed by atoms with van der Waals surface area (Å²) in [7, 11) is 0. The Morgan fingerprint density at radius 2 is 1.96 bits per heavy atom. The molecule has 2 saturated carbocycles. The Morgan fingerprint density at radius 3 is 2.67 bits per heavy atom. The summed E-state index contributed by atoms with van der Waals surface area (Å²) in [6.45, 7) is 5.63. The molecule has 6 unspecified atom stereocenters. The van der Waals surface area contributed by atoms with Crippen LogP contribution in [0.1, 0.15) is 39.5 Å². The zero-order valence-corrected chi connectivity index (χ0v) is 15.5. The number of ether oxygens (including phenoxy) is 4. The largest absolute Gasteiger partial charge is 0.458 e. The first kappa shape index (κ1) is 19.4. The summed E-state index contributed by atoms with van der Waals surface area (Å²) < 4.78 is 20.7. The van der Waals surface area contributed by atoms with Crippen LogP contribution in [0.3, 0.4) is 0 Å². The highest BCUT2D eigenvalue weighted by Crippen LogP contribution is 2.48. The summed E-state index contributed by atoms with van der Waals surface area (Å²) in [5.41, 5.74) is 0.155. The van der Waals surface area contributed by atoms with Gasteiger partial charge in [-0.2, -0.15) is 0 Å². The molecule has 8 nitrogen and oxygen atoms in total. The summed E-state index contributed by atoms with van der Waals surface area (Å²) in [5, 5.41) is 0. The van der Waals surface area contributed by atoms with Crippen LogP contribution in [-0.2, 0) is 38.1 Å². The average molecular weight is 380 g/mol. The van der Waals surface area contributed by atoms with Crippen molar-refractivity contribution in [1.29, 1.82) is 0 Å². The zero-order chi connectivity index (χ0) is 19.7. The van der Waals surface area contributed by atoms with E-state index in [1.54, 1.807) is 0 Å². The lowest BCUT2D eigenvalue weighted by Crippen LogP contribution is -2.46. The van der Waals surface area contributed by atoms with Crippen LogP contribution in [0, 0.1) is 17.8 Å². The second-order valence-corrected chi connectivity index (χ2v) is 7.63. The Labute approximate surface area is 157 Å². The van der Waals surface area contributed by atoms with Crippen LogP contribution in [0.2, 0.25) is 0 Å². The molecule has 4 bridgehead atoms. The van der Waals surface area contributed by atoms with Crippen molar-refractivity contribution in [2.45, 2.75) is 57.8 Å². The molecule has 0 aromatic heterocycles. The molecule has 27 heavy (non-hydrogen) atoms. The monoisotopic (exact) mass is 380 g/mol. The first-order valence-corrected chi connectivity index (χ1v) is 9.17. The van der Waals surface area contributed by atoms with E-state index in [0.717, 1.165) is 12.8 Å². The Kier molecular flexibility index (Phi) is 5.53. The number of rotatable bonds is 6. The summed E-state index contributed by atoms with van der Waals surface area (Å²) >= 11 is 0. The highest BCUT2D eigenvalue weighted by molar-refractivity contribution is 5.89. The third-order valence-electron chi connectivity index (χ3n) is 5.40. The molecule has 0 aromatic carbocycles. The van der Waals surface area contributed by atoms with E-state index in [1.807, 2.05) is 0 Å². The third-order valence-corrected chi connectivity index (χ3v) is 5.40. The fraction of sp³-hybridized carbons (Fsp3) is 0.684. The van der Waals surface area contributed by atoms with Crippen LogP contribution in [-0.4, -0.2) is 48.8 Å². The predicted octanol–water partition coefficient (Wildman–Crippen LogP) is 1.31. The van der Waals surface area contributed by atoms with Crippen molar-refractivity contribution in [3.05, 3.63) is 12.2 Å². The SMILES string of the molecule is C=C(C)C(=O)OCC(=O)OC(C)C(=O)OC1C2CC3CC(C2)C(=O)OC1C3. The highest BCUT2D eigenvalue weighted by atomic mass is 16.6. The molecule has 0 radical (unpaired) electrons. The van der Waals surface area contributed by atoms with Crippen molar-refractivity contribution in [3.8, 4) is 0 Å². The molecule has 4 fully saturated rings. The quantitative estimate of drug-likeness (QED) is 0.386. The molecule has 0 spiro atoms. The van der Waals surface area contributed by atoms with E-state index < -0.39 is 42.8 Å². The van der Waals surface area contributed by atoms with E-state index in [4.69, 9.17) is 14.2 Å². The molecule has 4 rings (SSSR count). The van der Waals surface area contributed by atoms with Crippen molar-refractivity contribution in [2.75, 3.05) is 6.61 Å². The second kappa shape index (κ2) is 7.70. The molecule has 6 atom stereocenters. The summed E-state index contributed by atoms with van der Waals surface area (Å²) in [6.07, 6.45) is 1.02. The number of hydrogen-bond acceptors (Lipinski definition) is 8. The van der Waals surface area contributed by atoms with E-state index >= 15 is 0 Å². The first-order valence-electron chi connectivity index (χ1n) is 9.17. The second-order valence-electron chi connectivity index (χ2n) is 7.63. The Balaban J connectivity index is 1.52. The molecular weight excluding hydrogens is 356 g/mol. The summed E-state index contributed by atoms with van der Waals surface area (Å²) in [6, 6.07) is 0. The van der Waals surface area contributed by atoms with Gasteiger partial charge in [-0.3, -0.25) is 4.79 Å². The van der Waals surface area contributed by atoms with Crippen LogP contribution in [0.25, 0.3) is 0 Å². The van der Waals surface area contributed by atoms with Crippen molar-refractivity contribution >= 4 is 23.9 Å². The van der Waals surface area contributed by atoms with Gasteiger partial charge in [-0.05, 0) is 45.4 Å². The predicted molar refractivity (Wildman–Crippen MR) is 90.0 cm³/mol. The van der Waals surface area contributed by atoms with Gasteiger partial charge in [-0.1, -0.05) is 6.58 Å². The standard InChI is InChI=1S/C19H24O8/c1-9(2)17(21)24-8-15(20)25-10(3)18(22)27-16-12-4-11-5-13(7-12)19(23)26-14(16)6-11/h10-14,16H,1,4-8H2,2-3H3. The fourth-order valence-corrected chi connectivity index (χ4v) is 4.19. The normalized spacial score (nSPS) is 32.1. The maximum atomic E-state index is 12.3. The molecule has 2 saturated heterocycles. The van der Waals surface area contributed by atoms with Gasteiger partial charge < -0.3 is 18.9 Å².